The van der Waals surface area contributed by atoms with Crippen molar-refractivity contribution >= 4 is 0 Å². The summed E-state index contributed by atoms with van der Waals surface area (Å²) in [6, 6.07) is 9.86. The maximum absolute atomic E-state index is 4.75. The third-order valence-electron chi connectivity index (χ3n) is 4.86. The molecule has 0 spiro atoms. The van der Waals surface area contributed by atoms with Crippen LogP contribution >= 0.6 is 0 Å². The number of aromatic nitrogens is 2. The Labute approximate surface area is 134 Å². The second kappa shape index (κ2) is 6.25. The first-order valence-corrected chi connectivity index (χ1v) is 8.45. The third kappa shape index (κ3) is 2.82. The van der Waals surface area contributed by atoms with Crippen LogP contribution in [0.15, 0.2) is 30.5 Å². The number of pyridine rings is 1. The summed E-state index contributed by atoms with van der Waals surface area (Å²) in [4.78, 5) is 7.37. The van der Waals surface area contributed by atoms with E-state index in [2.05, 4.69) is 67.6 Å². The van der Waals surface area contributed by atoms with Gasteiger partial charge in [0.2, 0.25) is 0 Å². The highest BCUT2D eigenvalue weighted by molar-refractivity contribution is 5.33. The van der Waals surface area contributed by atoms with Gasteiger partial charge in [-0.3, -0.25) is 4.90 Å². The smallest absolute Gasteiger partial charge is 0.136 e. The van der Waals surface area contributed by atoms with Crippen molar-refractivity contribution < 1.29 is 0 Å². The topological polar surface area (TPSA) is 21.1 Å². The molecule has 0 aliphatic carbocycles. The molecule has 0 saturated carbocycles. The fourth-order valence-electron chi connectivity index (χ4n) is 3.69. The number of piperidine rings is 1. The maximum atomic E-state index is 4.75. The van der Waals surface area contributed by atoms with Gasteiger partial charge in [0.1, 0.15) is 5.82 Å². The standard InChI is InChI=1S/C19H27N3/c1-14(2)21-12-6-5-7-18(21)17-10-11-19(20-13-17)22-15(3)8-9-16(22)4/h8-11,13-14,18H,5-7,12H2,1-4H3. The van der Waals surface area contributed by atoms with Crippen LogP contribution in [-0.4, -0.2) is 27.0 Å². The number of hydrogen-bond acceptors (Lipinski definition) is 2. The van der Waals surface area contributed by atoms with Crippen LogP contribution in [-0.2, 0) is 0 Å². The summed E-state index contributed by atoms with van der Waals surface area (Å²) in [6.07, 6.45) is 5.98. The fourth-order valence-corrected chi connectivity index (χ4v) is 3.69. The lowest BCUT2D eigenvalue weighted by molar-refractivity contribution is 0.112. The molecule has 2 aromatic rings. The van der Waals surface area contributed by atoms with Gasteiger partial charge >= 0.3 is 0 Å². The average molecular weight is 297 g/mol. The number of aryl methyl sites for hydroxylation is 2. The Morgan fingerprint density at radius 2 is 1.77 bits per heavy atom. The van der Waals surface area contributed by atoms with E-state index in [0.717, 1.165) is 5.82 Å². The molecule has 1 unspecified atom stereocenters. The largest absolute Gasteiger partial charge is 0.303 e. The van der Waals surface area contributed by atoms with Crippen molar-refractivity contribution in [3.63, 3.8) is 0 Å². The molecule has 1 atom stereocenters. The summed E-state index contributed by atoms with van der Waals surface area (Å²) >= 11 is 0. The lowest BCUT2D eigenvalue weighted by atomic mass is 9.95. The van der Waals surface area contributed by atoms with Crippen LogP contribution < -0.4 is 0 Å². The highest BCUT2D eigenvalue weighted by Gasteiger charge is 2.26. The molecular weight excluding hydrogens is 270 g/mol. The van der Waals surface area contributed by atoms with Crippen molar-refractivity contribution in [1.82, 2.24) is 14.5 Å². The highest BCUT2D eigenvalue weighted by atomic mass is 15.2. The van der Waals surface area contributed by atoms with E-state index in [-0.39, 0.29) is 0 Å². The number of nitrogens with zero attached hydrogens (tertiary/aromatic N) is 3. The zero-order valence-corrected chi connectivity index (χ0v) is 14.2. The molecule has 0 bridgehead atoms. The second-order valence-electron chi connectivity index (χ2n) is 6.74. The normalized spacial score (nSPS) is 19.8. The van der Waals surface area contributed by atoms with Gasteiger partial charge in [-0.05, 0) is 70.8 Å². The third-order valence-corrected chi connectivity index (χ3v) is 4.86. The summed E-state index contributed by atoms with van der Waals surface area (Å²) in [7, 11) is 0. The SMILES string of the molecule is Cc1ccc(C)n1-c1ccc(C2CCCCN2C(C)C)cn1. The summed E-state index contributed by atoms with van der Waals surface area (Å²) in [5.74, 6) is 1.02. The Balaban J connectivity index is 1.88. The van der Waals surface area contributed by atoms with Crippen molar-refractivity contribution in [2.75, 3.05) is 6.54 Å². The molecule has 118 valence electrons. The van der Waals surface area contributed by atoms with Crippen LogP contribution in [0, 0.1) is 13.8 Å². The lowest BCUT2D eigenvalue weighted by Gasteiger charge is -2.38. The van der Waals surface area contributed by atoms with E-state index >= 15 is 0 Å². The monoisotopic (exact) mass is 297 g/mol. The van der Waals surface area contributed by atoms with Gasteiger partial charge in [-0.25, -0.2) is 4.98 Å². The van der Waals surface area contributed by atoms with Crippen molar-refractivity contribution in [3.8, 4) is 5.82 Å². The Hall–Kier alpha value is -1.61. The van der Waals surface area contributed by atoms with Crippen LogP contribution in [0.5, 0.6) is 0 Å². The van der Waals surface area contributed by atoms with Crippen molar-refractivity contribution in [2.45, 2.75) is 59.0 Å². The number of rotatable bonds is 3. The van der Waals surface area contributed by atoms with Crippen LogP contribution in [0.1, 0.15) is 56.1 Å². The van der Waals surface area contributed by atoms with Crippen molar-refractivity contribution in [3.05, 3.63) is 47.4 Å². The minimum atomic E-state index is 0.530. The molecule has 1 fully saturated rings. The Bertz CT molecular complexity index is 605. The van der Waals surface area contributed by atoms with Gasteiger partial charge in [-0.1, -0.05) is 12.5 Å². The van der Waals surface area contributed by atoms with E-state index in [9.17, 15) is 0 Å². The first-order valence-electron chi connectivity index (χ1n) is 8.45. The molecule has 1 saturated heterocycles. The molecular formula is C19H27N3. The maximum Gasteiger partial charge on any atom is 0.136 e. The molecule has 3 heterocycles. The van der Waals surface area contributed by atoms with E-state index < -0.39 is 0 Å². The molecule has 0 N–H and O–H groups in total. The van der Waals surface area contributed by atoms with Gasteiger partial charge in [0.05, 0.1) is 0 Å². The molecule has 1 aliphatic heterocycles. The Morgan fingerprint density at radius 3 is 2.36 bits per heavy atom. The minimum Gasteiger partial charge on any atom is -0.303 e. The predicted octanol–water partition coefficient (Wildman–Crippen LogP) is 4.42. The van der Waals surface area contributed by atoms with Crippen molar-refractivity contribution in [1.29, 1.82) is 0 Å². The summed E-state index contributed by atoms with van der Waals surface area (Å²) in [6.45, 7) is 10.1. The Kier molecular flexibility index (Phi) is 4.34. The quantitative estimate of drug-likeness (QED) is 0.836. The molecule has 2 aromatic heterocycles. The van der Waals surface area contributed by atoms with Gasteiger partial charge in [0, 0.05) is 29.7 Å². The molecule has 22 heavy (non-hydrogen) atoms. The van der Waals surface area contributed by atoms with E-state index in [0.29, 0.717) is 12.1 Å². The minimum absolute atomic E-state index is 0.530. The first-order chi connectivity index (χ1) is 10.6. The summed E-state index contributed by atoms with van der Waals surface area (Å²) in [5.41, 5.74) is 3.83. The van der Waals surface area contributed by atoms with Crippen LogP contribution in [0.2, 0.25) is 0 Å². The van der Waals surface area contributed by atoms with Gasteiger partial charge in [0.15, 0.2) is 0 Å². The fraction of sp³-hybridized carbons (Fsp3) is 0.526. The molecule has 0 radical (unpaired) electrons. The molecule has 1 aliphatic rings. The lowest BCUT2D eigenvalue weighted by Crippen LogP contribution is -2.38. The van der Waals surface area contributed by atoms with Crippen molar-refractivity contribution in [2.24, 2.45) is 0 Å². The van der Waals surface area contributed by atoms with E-state index in [1.165, 1.54) is 42.8 Å². The number of likely N-dealkylation sites (tertiary alicyclic amines) is 1. The van der Waals surface area contributed by atoms with Crippen LogP contribution in [0.3, 0.4) is 0 Å². The van der Waals surface area contributed by atoms with Gasteiger partial charge in [0.25, 0.3) is 0 Å². The van der Waals surface area contributed by atoms with Gasteiger partial charge in [-0.15, -0.1) is 0 Å². The zero-order chi connectivity index (χ0) is 15.7. The highest BCUT2D eigenvalue weighted by Crippen LogP contribution is 2.32. The van der Waals surface area contributed by atoms with Crippen LogP contribution in [0.25, 0.3) is 5.82 Å². The predicted molar refractivity (Wildman–Crippen MR) is 91.5 cm³/mol. The average Bonchev–Trinajstić information content (AvgIpc) is 2.86. The molecule has 3 rings (SSSR count). The van der Waals surface area contributed by atoms with Gasteiger partial charge < -0.3 is 4.57 Å². The number of hydrogen-bond donors (Lipinski definition) is 0. The summed E-state index contributed by atoms with van der Waals surface area (Å²) < 4.78 is 2.21. The molecule has 3 nitrogen and oxygen atoms in total. The van der Waals surface area contributed by atoms with Gasteiger partial charge in [-0.2, -0.15) is 0 Å². The van der Waals surface area contributed by atoms with E-state index in [1.54, 1.807) is 0 Å². The zero-order valence-electron chi connectivity index (χ0n) is 14.2. The molecule has 0 aromatic carbocycles. The molecule has 0 amide bonds. The second-order valence-corrected chi connectivity index (χ2v) is 6.74. The van der Waals surface area contributed by atoms with E-state index in [4.69, 9.17) is 4.98 Å². The first kappa shape index (κ1) is 15.3. The van der Waals surface area contributed by atoms with E-state index in [1.807, 2.05) is 0 Å². The van der Waals surface area contributed by atoms with Crippen LogP contribution in [0.4, 0.5) is 0 Å². The summed E-state index contributed by atoms with van der Waals surface area (Å²) in [5, 5.41) is 0. The Morgan fingerprint density at radius 1 is 1.05 bits per heavy atom. The molecule has 3 heteroatoms.